The normalized spacial score (nSPS) is 17.4. The quantitative estimate of drug-likeness (QED) is 0.650. The van der Waals surface area contributed by atoms with Gasteiger partial charge in [0.2, 0.25) is 10.0 Å². The highest BCUT2D eigenvalue weighted by molar-refractivity contribution is 7.89. The smallest absolute Gasteiger partial charge is 0.243 e. The van der Waals surface area contributed by atoms with E-state index in [1.54, 1.807) is 24.4 Å². The summed E-state index contributed by atoms with van der Waals surface area (Å²) < 4.78 is 38.7. The van der Waals surface area contributed by atoms with Gasteiger partial charge >= 0.3 is 0 Å². The molecule has 150 valence electrons. The van der Waals surface area contributed by atoms with E-state index >= 15 is 0 Å². The molecule has 0 amide bonds. The number of piperazine rings is 1. The van der Waals surface area contributed by atoms with Crippen molar-refractivity contribution in [3.63, 3.8) is 0 Å². The molecule has 0 spiro atoms. The number of anilines is 1. The van der Waals surface area contributed by atoms with Gasteiger partial charge in [-0.1, -0.05) is 0 Å². The number of ether oxygens (including phenoxy) is 2. The van der Waals surface area contributed by atoms with Crippen LogP contribution >= 0.6 is 0 Å². The Bertz CT molecular complexity index is 1160. The second kappa shape index (κ2) is 7.16. The number of hydrogen-bond donors (Lipinski definition) is 0. The van der Waals surface area contributed by atoms with Gasteiger partial charge in [0.1, 0.15) is 19.5 Å². The fourth-order valence-electron chi connectivity index (χ4n) is 3.69. The Morgan fingerprint density at radius 1 is 0.897 bits per heavy atom. The minimum Gasteiger partial charge on any atom is -0.486 e. The van der Waals surface area contributed by atoms with Gasteiger partial charge in [-0.05, 0) is 30.3 Å². The van der Waals surface area contributed by atoms with Gasteiger partial charge in [-0.3, -0.25) is 0 Å². The zero-order valence-electron chi connectivity index (χ0n) is 15.7. The molecule has 3 heterocycles. The number of hydrogen-bond acceptors (Lipinski definition) is 7. The van der Waals surface area contributed by atoms with Crippen LogP contribution < -0.4 is 14.4 Å². The summed E-state index contributed by atoms with van der Waals surface area (Å²) in [7, 11) is -3.58. The first-order valence-electron chi connectivity index (χ1n) is 9.46. The average Bonchev–Trinajstić information content (AvgIpc) is 2.78. The van der Waals surface area contributed by atoms with Crippen molar-refractivity contribution in [1.82, 2.24) is 14.3 Å². The molecular weight excluding hydrogens is 392 g/mol. The first-order chi connectivity index (χ1) is 14.1. The fraction of sp³-hybridized carbons (Fsp3) is 0.300. The van der Waals surface area contributed by atoms with Gasteiger partial charge in [-0.25, -0.2) is 18.4 Å². The van der Waals surface area contributed by atoms with Crippen molar-refractivity contribution in [3.8, 4) is 11.5 Å². The number of rotatable bonds is 3. The Hall–Kier alpha value is -2.91. The van der Waals surface area contributed by atoms with Gasteiger partial charge in [-0.15, -0.1) is 0 Å². The zero-order valence-corrected chi connectivity index (χ0v) is 16.5. The Labute approximate surface area is 168 Å². The molecule has 3 aromatic rings. The van der Waals surface area contributed by atoms with E-state index in [1.165, 1.54) is 10.6 Å². The van der Waals surface area contributed by atoms with Crippen LogP contribution in [0.15, 0.2) is 53.8 Å². The van der Waals surface area contributed by atoms with Gasteiger partial charge in [0, 0.05) is 49.5 Å². The molecule has 0 N–H and O–H groups in total. The van der Waals surface area contributed by atoms with Crippen LogP contribution in [0.4, 0.5) is 5.69 Å². The van der Waals surface area contributed by atoms with E-state index in [4.69, 9.17) is 9.47 Å². The number of nitrogens with zero attached hydrogens (tertiary/aromatic N) is 4. The van der Waals surface area contributed by atoms with Crippen LogP contribution in [0.25, 0.3) is 10.9 Å². The minimum atomic E-state index is -3.58. The minimum absolute atomic E-state index is 0.234. The van der Waals surface area contributed by atoms with Crippen molar-refractivity contribution in [3.05, 3.63) is 48.9 Å². The molecule has 0 unspecified atom stereocenters. The highest BCUT2D eigenvalue weighted by Gasteiger charge is 2.30. The molecule has 29 heavy (non-hydrogen) atoms. The topological polar surface area (TPSA) is 84.9 Å². The van der Waals surface area contributed by atoms with E-state index < -0.39 is 10.0 Å². The third kappa shape index (κ3) is 3.36. The predicted octanol–water partition coefficient (Wildman–Crippen LogP) is 1.91. The van der Waals surface area contributed by atoms with Gasteiger partial charge < -0.3 is 14.4 Å². The second-order valence-electron chi connectivity index (χ2n) is 6.96. The molecule has 8 nitrogen and oxygen atoms in total. The lowest BCUT2D eigenvalue weighted by molar-refractivity contribution is 0.171. The molecule has 0 aliphatic carbocycles. The Morgan fingerprint density at radius 3 is 2.52 bits per heavy atom. The molecule has 1 fully saturated rings. The van der Waals surface area contributed by atoms with Gasteiger partial charge in [0.15, 0.2) is 11.5 Å². The predicted molar refractivity (Wildman–Crippen MR) is 108 cm³/mol. The summed E-state index contributed by atoms with van der Waals surface area (Å²) in [6.45, 7) is 2.96. The average molecular weight is 412 g/mol. The molecule has 0 radical (unpaired) electrons. The molecule has 2 aliphatic heterocycles. The number of aromatic nitrogens is 2. The van der Waals surface area contributed by atoms with E-state index in [0.717, 1.165) is 16.6 Å². The van der Waals surface area contributed by atoms with Crippen LogP contribution in [-0.2, 0) is 10.0 Å². The largest absolute Gasteiger partial charge is 0.486 e. The van der Waals surface area contributed by atoms with Crippen molar-refractivity contribution in [1.29, 1.82) is 0 Å². The summed E-state index contributed by atoms with van der Waals surface area (Å²) in [5.41, 5.74) is 1.94. The summed E-state index contributed by atoms with van der Waals surface area (Å²) >= 11 is 0. The van der Waals surface area contributed by atoms with Crippen LogP contribution in [0.2, 0.25) is 0 Å². The lowest BCUT2D eigenvalue weighted by Gasteiger charge is -2.35. The summed E-state index contributed by atoms with van der Waals surface area (Å²) in [4.78, 5) is 10.7. The molecular formula is C20H20N4O4S. The molecule has 0 bridgehead atoms. The molecule has 2 aromatic carbocycles. The first kappa shape index (κ1) is 18.1. The van der Waals surface area contributed by atoms with Crippen LogP contribution in [0.1, 0.15) is 0 Å². The molecule has 1 saturated heterocycles. The second-order valence-corrected chi connectivity index (χ2v) is 8.90. The van der Waals surface area contributed by atoms with Gasteiger partial charge in [-0.2, -0.15) is 4.31 Å². The standard InChI is InChI=1S/C20H20N4O4S/c25-29(26,17-2-4-19-20(12-17)28-10-9-27-19)24-7-5-23(6-8-24)16-1-3-18-15(11-16)13-21-14-22-18/h1-4,11-14H,5-10H2. The monoisotopic (exact) mass is 412 g/mol. The Balaban J connectivity index is 1.32. The van der Waals surface area contributed by atoms with E-state index in [-0.39, 0.29) is 4.90 Å². The fourth-order valence-corrected chi connectivity index (χ4v) is 5.13. The van der Waals surface area contributed by atoms with Crippen molar-refractivity contribution in [2.75, 3.05) is 44.3 Å². The third-order valence-electron chi connectivity index (χ3n) is 5.24. The summed E-state index contributed by atoms with van der Waals surface area (Å²) in [5, 5.41) is 0.969. The van der Waals surface area contributed by atoms with Crippen LogP contribution in [0.5, 0.6) is 11.5 Å². The first-order valence-corrected chi connectivity index (χ1v) is 10.9. The highest BCUT2D eigenvalue weighted by atomic mass is 32.2. The maximum atomic E-state index is 13.1. The summed E-state index contributed by atoms with van der Waals surface area (Å²) in [6, 6.07) is 10.8. The van der Waals surface area contributed by atoms with Crippen LogP contribution in [0.3, 0.4) is 0 Å². The van der Waals surface area contributed by atoms with E-state index in [2.05, 4.69) is 14.9 Å². The molecule has 0 saturated carbocycles. The van der Waals surface area contributed by atoms with Crippen LogP contribution in [0, 0.1) is 0 Å². The van der Waals surface area contributed by atoms with Crippen LogP contribution in [-0.4, -0.2) is 62.1 Å². The Morgan fingerprint density at radius 2 is 1.69 bits per heavy atom. The van der Waals surface area contributed by atoms with Crippen molar-refractivity contribution >= 4 is 26.6 Å². The number of fused-ring (bicyclic) bond motifs is 2. The third-order valence-corrected chi connectivity index (χ3v) is 7.14. The number of sulfonamides is 1. The molecule has 0 atom stereocenters. The van der Waals surface area contributed by atoms with Gasteiger partial charge in [0.05, 0.1) is 10.4 Å². The lowest BCUT2D eigenvalue weighted by Crippen LogP contribution is -2.48. The Kier molecular flexibility index (Phi) is 4.48. The SMILES string of the molecule is O=S(=O)(c1ccc2c(c1)OCCO2)N1CCN(c2ccc3ncncc3c2)CC1. The van der Waals surface area contributed by atoms with Crippen molar-refractivity contribution < 1.29 is 17.9 Å². The van der Waals surface area contributed by atoms with E-state index in [0.29, 0.717) is 50.9 Å². The molecule has 5 rings (SSSR count). The van der Waals surface area contributed by atoms with Crippen molar-refractivity contribution in [2.45, 2.75) is 4.90 Å². The van der Waals surface area contributed by atoms with Gasteiger partial charge in [0.25, 0.3) is 0 Å². The number of benzene rings is 2. The van der Waals surface area contributed by atoms with E-state index in [1.807, 2.05) is 18.2 Å². The maximum absolute atomic E-state index is 13.1. The van der Waals surface area contributed by atoms with E-state index in [9.17, 15) is 8.42 Å². The van der Waals surface area contributed by atoms with Crippen molar-refractivity contribution in [2.24, 2.45) is 0 Å². The zero-order chi connectivity index (χ0) is 19.8. The molecule has 1 aromatic heterocycles. The lowest BCUT2D eigenvalue weighted by atomic mass is 10.2. The summed E-state index contributed by atoms with van der Waals surface area (Å²) in [5.74, 6) is 1.06. The maximum Gasteiger partial charge on any atom is 0.243 e. The molecule has 9 heteroatoms. The highest BCUT2D eigenvalue weighted by Crippen LogP contribution is 2.33. The molecule has 2 aliphatic rings. The summed E-state index contributed by atoms with van der Waals surface area (Å²) in [6.07, 6.45) is 3.32.